The molecule has 1 amide bonds. The molecule has 0 aliphatic heterocycles. The van der Waals surface area contributed by atoms with Crippen LogP contribution in [0.4, 0.5) is 0 Å². The first-order valence-electron chi connectivity index (χ1n) is 5.12. The third-order valence-electron chi connectivity index (χ3n) is 2.15. The predicted molar refractivity (Wildman–Crippen MR) is 62.2 cm³/mol. The number of nitrogens with zero attached hydrogens (tertiary/aromatic N) is 1. The van der Waals surface area contributed by atoms with E-state index in [1.807, 2.05) is 0 Å². The summed E-state index contributed by atoms with van der Waals surface area (Å²) in [6, 6.07) is 0. The number of primary amides is 1. The smallest absolute Gasteiger partial charge is 0.304 e. The molecule has 0 fully saturated rings. The maximum absolute atomic E-state index is 11.4. The fourth-order valence-electron chi connectivity index (χ4n) is 1.05. The Morgan fingerprint density at radius 3 is 2.24 bits per heavy atom. The second kappa shape index (κ2) is 7.23. The number of amides is 1. The summed E-state index contributed by atoms with van der Waals surface area (Å²) in [6.45, 7) is 0.537. The lowest BCUT2D eigenvalue weighted by Gasteiger charge is -2.14. The van der Waals surface area contributed by atoms with Crippen molar-refractivity contribution < 1.29 is 23.1 Å². The van der Waals surface area contributed by atoms with Crippen LogP contribution in [0.3, 0.4) is 0 Å². The molecule has 0 rings (SSSR count). The summed E-state index contributed by atoms with van der Waals surface area (Å²) < 4.78 is 22.9. The zero-order valence-corrected chi connectivity index (χ0v) is 10.6. The van der Waals surface area contributed by atoms with Gasteiger partial charge in [-0.3, -0.25) is 9.59 Å². The Bertz CT molecular complexity index is 366. The minimum absolute atomic E-state index is 0.0299. The molecule has 0 aromatic carbocycles. The summed E-state index contributed by atoms with van der Waals surface area (Å²) in [5.74, 6) is -1.92. The van der Waals surface area contributed by atoms with Crippen molar-refractivity contribution in [2.24, 2.45) is 5.73 Å². The number of sulfone groups is 1. The van der Waals surface area contributed by atoms with E-state index < -0.39 is 21.7 Å². The molecular weight excluding hydrogens is 248 g/mol. The first-order chi connectivity index (χ1) is 7.73. The Morgan fingerprint density at radius 1 is 1.18 bits per heavy atom. The highest BCUT2D eigenvalue weighted by atomic mass is 32.2. The van der Waals surface area contributed by atoms with Crippen LogP contribution in [0, 0.1) is 0 Å². The van der Waals surface area contributed by atoms with E-state index in [0.29, 0.717) is 6.54 Å². The molecule has 0 saturated carbocycles. The SMILES string of the molecule is CN(CCC(=O)O)CCS(=O)(=O)CCC(N)=O. The van der Waals surface area contributed by atoms with Crippen LogP contribution in [0.2, 0.25) is 0 Å². The summed E-state index contributed by atoms with van der Waals surface area (Å²) >= 11 is 0. The average molecular weight is 266 g/mol. The summed E-state index contributed by atoms with van der Waals surface area (Å²) in [7, 11) is -1.65. The van der Waals surface area contributed by atoms with Crippen molar-refractivity contribution in [3.05, 3.63) is 0 Å². The summed E-state index contributed by atoms with van der Waals surface area (Å²) in [5, 5.41) is 8.44. The van der Waals surface area contributed by atoms with Crippen LogP contribution < -0.4 is 5.73 Å². The lowest BCUT2D eigenvalue weighted by molar-refractivity contribution is -0.137. The summed E-state index contributed by atoms with van der Waals surface area (Å²) in [4.78, 5) is 22.4. The first kappa shape index (κ1) is 15.9. The molecule has 0 saturated heterocycles. The second-order valence-corrected chi connectivity index (χ2v) is 6.12. The van der Waals surface area contributed by atoms with E-state index in [1.54, 1.807) is 11.9 Å². The highest BCUT2D eigenvalue weighted by Gasteiger charge is 2.13. The highest BCUT2D eigenvalue weighted by molar-refractivity contribution is 7.91. The largest absolute Gasteiger partial charge is 0.481 e. The zero-order chi connectivity index (χ0) is 13.5. The van der Waals surface area contributed by atoms with E-state index in [1.165, 1.54) is 0 Å². The van der Waals surface area contributed by atoms with Crippen LogP contribution in [-0.2, 0) is 19.4 Å². The molecule has 0 aliphatic rings. The van der Waals surface area contributed by atoms with Crippen LogP contribution >= 0.6 is 0 Å². The average Bonchev–Trinajstić information content (AvgIpc) is 2.21. The second-order valence-electron chi connectivity index (χ2n) is 3.82. The first-order valence-corrected chi connectivity index (χ1v) is 6.94. The molecule has 8 heteroatoms. The number of aliphatic carboxylic acids is 1. The number of carboxylic acid groups (broad SMARTS) is 1. The fraction of sp³-hybridized carbons (Fsp3) is 0.778. The van der Waals surface area contributed by atoms with Gasteiger partial charge in [0, 0.05) is 19.5 Å². The van der Waals surface area contributed by atoms with Crippen molar-refractivity contribution >= 4 is 21.7 Å². The number of hydrogen-bond donors (Lipinski definition) is 2. The summed E-state index contributed by atoms with van der Waals surface area (Å²) in [5.41, 5.74) is 4.86. The number of carbonyl (C=O) groups is 2. The van der Waals surface area contributed by atoms with Crippen LogP contribution in [0.25, 0.3) is 0 Å². The molecule has 0 atom stereocenters. The third kappa shape index (κ3) is 9.76. The van der Waals surface area contributed by atoms with Crippen molar-refractivity contribution in [3.63, 3.8) is 0 Å². The van der Waals surface area contributed by atoms with Crippen LogP contribution in [-0.4, -0.2) is 61.9 Å². The van der Waals surface area contributed by atoms with Gasteiger partial charge in [0.25, 0.3) is 0 Å². The van der Waals surface area contributed by atoms with E-state index in [9.17, 15) is 18.0 Å². The normalized spacial score (nSPS) is 11.6. The zero-order valence-electron chi connectivity index (χ0n) is 9.76. The molecule has 17 heavy (non-hydrogen) atoms. The fourth-order valence-corrected chi connectivity index (χ4v) is 2.36. The van der Waals surface area contributed by atoms with Crippen molar-refractivity contribution in [1.82, 2.24) is 4.90 Å². The molecule has 3 N–H and O–H groups in total. The predicted octanol–water partition coefficient (Wildman–Crippen LogP) is -1.32. The molecule has 0 heterocycles. The van der Waals surface area contributed by atoms with Gasteiger partial charge in [-0.1, -0.05) is 0 Å². The van der Waals surface area contributed by atoms with Gasteiger partial charge in [-0.15, -0.1) is 0 Å². The van der Waals surface area contributed by atoms with Gasteiger partial charge in [0.2, 0.25) is 5.91 Å². The molecule has 7 nitrogen and oxygen atoms in total. The van der Waals surface area contributed by atoms with E-state index >= 15 is 0 Å². The van der Waals surface area contributed by atoms with E-state index in [-0.39, 0.29) is 30.9 Å². The van der Waals surface area contributed by atoms with Crippen molar-refractivity contribution in [2.75, 3.05) is 31.6 Å². The van der Waals surface area contributed by atoms with Gasteiger partial charge >= 0.3 is 5.97 Å². The van der Waals surface area contributed by atoms with Crippen molar-refractivity contribution in [2.45, 2.75) is 12.8 Å². The minimum atomic E-state index is -3.30. The number of nitrogens with two attached hydrogens (primary N) is 1. The van der Waals surface area contributed by atoms with Gasteiger partial charge < -0.3 is 15.7 Å². The number of carboxylic acids is 1. The van der Waals surface area contributed by atoms with Crippen LogP contribution in [0.1, 0.15) is 12.8 Å². The Labute approximate surface area is 101 Å². The molecule has 0 radical (unpaired) electrons. The van der Waals surface area contributed by atoms with Gasteiger partial charge in [-0.05, 0) is 7.05 Å². The van der Waals surface area contributed by atoms with E-state index in [4.69, 9.17) is 10.8 Å². The van der Waals surface area contributed by atoms with E-state index in [2.05, 4.69) is 0 Å². The topological polar surface area (TPSA) is 118 Å². The molecule has 0 aromatic heterocycles. The molecular formula is C9H18N2O5S. The maximum atomic E-state index is 11.4. The molecule has 0 aliphatic carbocycles. The quantitative estimate of drug-likeness (QED) is 0.534. The number of hydrogen-bond acceptors (Lipinski definition) is 5. The monoisotopic (exact) mass is 266 g/mol. The van der Waals surface area contributed by atoms with Crippen LogP contribution in [0.5, 0.6) is 0 Å². The molecule has 0 spiro atoms. The standard InChI is InChI=1S/C9H18N2O5S/c1-11(4-2-9(13)14)5-7-17(15,16)6-3-8(10)12/h2-7H2,1H3,(H2,10,12)(H,13,14). The molecule has 0 bridgehead atoms. The Hall–Kier alpha value is -1.15. The number of carbonyl (C=O) groups excluding carboxylic acids is 1. The van der Waals surface area contributed by atoms with Gasteiger partial charge in [-0.25, -0.2) is 8.42 Å². The lowest BCUT2D eigenvalue weighted by atomic mass is 10.4. The van der Waals surface area contributed by atoms with E-state index in [0.717, 1.165) is 0 Å². The molecule has 0 unspecified atom stereocenters. The van der Waals surface area contributed by atoms with Gasteiger partial charge in [0.05, 0.1) is 17.9 Å². The molecule has 0 aromatic rings. The Balaban J connectivity index is 3.92. The number of rotatable bonds is 9. The Morgan fingerprint density at radius 2 is 1.76 bits per heavy atom. The third-order valence-corrected chi connectivity index (χ3v) is 3.78. The van der Waals surface area contributed by atoms with Gasteiger partial charge in [-0.2, -0.15) is 0 Å². The van der Waals surface area contributed by atoms with Crippen molar-refractivity contribution in [3.8, 4) is 0 Å². The van der Waals surface area contributed by atoms with Gasteiger partial charge in [0.1, 0.15) is 0 Å². The lowest BCUT2D eigenvalue weighted by Crippen LogP contribution is -2.29. The molecule has 100 valence electrons. The van der Waals surface area contributed by atoms with Crippen LogP contribution in [0.15, 0.2) is 0 Å². The van der Waals surface area contributed by atoms with Gasteiger partial charge in [0.15, 0.2) is 9.84 Å². The Kier molecular flexibility index (Phi) is 6.74. The highest BCUT2D eigenvalue weighted by Crippen LogP contribution is 1.96. The maximum Gasteiger partial charge on any atom is 0.304 e. The minimum Gasteiger partial charge on any atom is -0.481 e. The van der Waals surface area contributed by atoms with Crippen molar-refractivity contribution in [1.29, 1.82) is 0 Å². The summed E-state index contributed by atoms with van der Waals surface area (Å²) in [6.07, 6.45) is -0.209.